The predicted octanol–water partition coefficient (Wildman–Crippen LogP) is 2.01. The van der Waals surface area contributed by atoms with E-state index in [0.29, 0.717) is 12.0 Å². The van der Waals surface area contributed by atoms with E-state index < -0.39 is 0 Å². The van der Waals surface area contributed by atoms with E-state index in [0.717, 1.165) is 13.0 Å². The second kappa shape index (κ2) is 5.08. The monoisotopic (exact) mass is 237 g/mol. The fraction of sp³-hybridized carbons (Fsp3) is 0.583. The molecule has 1 aliphatic rings. The summed E-state index contributed by atoms with van der Waals surface area (Å²) in [6.45, 7) is 5.24. The van der Waals surface area contributed by atoms with Gasteiger partial charge >= 0.3 is 0 Å². The molecule has 0 aromatic carbocycles. The van der Waals surface area contributed by atoms with Crippen LogP contribution in [0.15, 0.2) is 18.3 Å². The highest BCUT2D eigenvalue weighted by atomic mass is 32.1. The van der Waals surface area contributed by atoms with E-state index in [-0.39, 0.29) is 6.04 Å². The van der Waals surface area contributed by atoms with Gasteiger partial charge in [0.25, 0.3) is 0 Å². The first kappa shape index (κ1) is 11.8. The van der Waals surface area contributed by atoms with Crippen LogP contribution in [0.1, 0.15) is 29.3 Å². The normalized spacial score (nSPS) is 26.2. The summed E-state index contributed by atoms with van der Waals surface area (Å²) >= 11 is 1.76. The first-order chi connectivity index (χ1) is 7.65. The Kier molecular flexibility index (Phi) is 3.74. The van der Waals surface area contributed by atoms with Gasteiger partial charge in [-0.1, -0.05) is 12.2 Å². The molecule has 3 unspecified atom stereocenters. The zero-order valence-electron chi connectivity index (χ0n) is 9.81. The lowest BCUT2D eigenvalue weighted by molar-refractivity contribution is 0.483. The fourth-order valence-electron chi connectivity index (χ4n) is 1.95. The summed E-state index contributed by atoms with van der Waals surface area (Å²) in [6.07, 6.45) is 7.32. The van der Waals surface area contributed by atoms with Crippen molar-refractivity contribution in [1.29, 1.82) is 0 Å². The van der Waals surface area contributed by atoms with Crippen LogP contribution in [0, 0.1) is 12.8 Å². The summed E-state index contributed by atoms with van der Waals surface area (Å²) in [6, 6.07) is 0.591. The van der Waals surface area contributed by atoms with Gasteiger partial charge in [0.15, 0.2) is 0 Å². The standard InChI is InChI=1S/C12H19N3S/c1-8-6-15-12(16-8)9(2)14-7-10-3-4-11(13)5-10/h3-4,6,9-11,14H,5,7,13H2,1-2H3. The van der Waals surface area contributed by atoms with Crippen LogP contribution in [0.5, 0.6) is 0 Å². The maximum atomic E-state index is 5.82. The molecule has 0 amide bonds. The van der Waals surface area contributed by atoms with Gasteiger partial charge in [0.2, 0.25) is 0 Å². The Hall–Kier alpha value is -0.710. The number of nitrogens with two attached hydrogens (primary N) is 1. The highest BCUT2D eigenvalue weighted by Gasteiger charge is 2.17. The van der Waals surface area contributed by atoms with Crippen LogP contribution < -0.4 is 11.1 Å². The Bertz CT molecular complexity index is 372. The molecule has 0 saturated heterocycles. The van der Waals surface area contributed by atoms with Crippen LogP contribution >= 0.6 is 11.3 Å². The molecular formula is C12H19N3S. The van der Waals surface area contributed by atoms with E-state index in [4.69, 9.17) is 5.73 Å². The topological polar surface area (TPSA) is 50.9 Å². The van der Waals surface area contributed by atoms with E-state index >= 15 is 0 Å². The molecule has 1 heterocycles. The minimum atomic E-state index is 0.254. The number of hydrogen-bond acceptors (Lipinski definition) is 4. The Morgan fingerprint density at radius 2 is 2.44 bits per heavy atom. The van der Waals surface area contributed by atoms with Crippen molar-refractivity contribution in [3.8, 4) is 0 Å². The molecule has 3 N–H and O–H groups in total. The number of aryl methyl sites for hydroxylation is 1. The molecule has 16 heavy (non-hydrogen) atoms. The van der Waals surface area contributed by atoms with Gasteiger partial charge in [-0.25, -0.2) is 4.98 Å². The summed E-state index contributed by atoms with van der Waals surface area (Å²) in [5.41, 5.74) is 5.82. The van der Waals surface area contributed by atoms with E-state index in [9.17, 15) is 0 Å². The van der Waals surface area contributed by atoms with Gasteiger partial charge in [0.05, 0.1) is 6.04 Å². The lowest BCUT2D eigenvalue weighted by Crippen LogP contribution is -2.26. The average Bonchev–Trinajstić information content (AvgIpc) is 2.84. The molecule has 1 aromatic rings. The fourth-order valence-corrected chi connectivity index (χ4v) is 2.75. The molecule has 1 aromatic heterocycles. The minimum Gasteiger partial charge on any atom is -0.324 e. The van der Waals surface area contributed by atoms with Crippen LogP contribution in [-0.4, -0.2) is 17.6 Å². The zero-order chi connectivity index (χ0) is 11.5. The van der Waals surface area contributed by atoms with Gasteiger partial charge in [0.1, 0.15) is 5.01 Å². The Labute approximate surface area is 101 Å². The Morgan fingerprint density at radius 1 is 1.62 bits per heavy atom. The van der Waals surface area contributed by atoms with Crippen LogP contribution in [0.25, 0.3) is 0 Å². The smallest absolute Gasteiger partial charge is 0.109 e. The Morgan fingerprint density at radius 3 is 3.00 bits per heavy atom. The number of rotatable bonds is 4. The molecule has 0 spiro atoms. The molecule has 4 heteroatoms. The second-order valence-electron chi connectivity index (χ2n) is 4.48. The van der Waals surface area contributed by atoms with E-state index in [1.165, 1.54) is 9.88 Å². The van der Waals surface area contributed by atoms with Crippen molar-refractivity contribution in [2.45, 2.75) is 32.4 Å². The predicted molar refractivity (Wildman–Crippen MR) is 68.5 cm³/mol. The largest absolute Gasteiger partial charge is 0.324 e. The summed E-state index contributed by atoms with van der Waals surface area (Å²) in [5.74, 6) is 0.582. The number of hydrogen-bond donors (Lipinski definition) is 2. The average molecular weight is 237 g/mol. The lowest BCUT2D eigenvalue weighted by Gasteiger charge is -2.14. The van der Waals surface area contributed by atoms with Crippen LogP contribution in [0.4, 0.5) is 0 Å². The summed E-state index contributed by atoms with van der Waals surface area (Å²) < 4.78 is 0. The first-order valence-corrected chi connectivity index (χ1v) is 6.56. The van der Waals surface area contributed by atoms with Crippen LogP contribution in [0.3, 0.4) is 0 Å². The molecule has 0 radical (unpaired) electrons. The van der Waals surface area contributed by atoms with Gasteiger partial charge in [0, 0.05) is 23.7 Å². The quantitative estimate of drug-likeness (QED) is 0.788. The molecule has 3 atom stereocenters. The lowest BCUT2D eigenvalue weighted by atomic mass is 10.1. The summed E-state index contributed by atoms with van der Waals surface area (Å²) in [4.78, 5) is 5.66. The van der Waals surface area contributed by atoms with E-state index in [1.807, 2.05) is 6.20 Å². The van der Waals surface area contributed by atoms with Crippen LogP contribution in [0.2, 0.25) is 0 Å². The molecule has 0 aliphatic heterocycles. The van der Waals surface area contributed by atoms with Crippen molar-refractivity contribution in [3.63, 3.8) is 0 Å². The van der Waals surface area contributed by atoms with Gasteiger partial charge in [-0.05, 0) is 26.2 Å². The molecule has 0 saturated carbocycles. The first-order valence-electron chi connectivity index (χ1n) is 5.75. The van der Waals surface area contributed by atoms with Gasteiger partial charge in [-0.15, -0.1) is 11.3 Å². The molecule has 88 valence electrons. The molecule has 0 bridgehead atoms. The molecule has 3 nitrogen and oxygen atoms in total. The van der Waals surface area contributed by atoms with Gasteiger partial charge in [-0.2, -0.15) is 0 Å². The second-order valence-corrected chi connectivity index (χ2v) is 5.75. The number of aromatic nitrogens is 1. The SMILES string of the molecule is Cc1cnc(C(C)NCC2C=CC(N)C2)s1. The zero-order valence-corrected chi connectivity index (χ0v) is 10.6. The van der Waals surface area contributed by atoms with Crippen molar-refractivity contribution < 1.29 is 0 Å². The number of nitrogens with one attached hydrogen (secondary N) is 1. The third kappa shape index (κ3) is 2.90. The summed E-state index contributed by atoms with van der Waals surface area (Å²) in [5, 5.41) is 4.69. The van der Waals surface area contributed by atoms with Gasteiger partial charge in [-0.3, -0.25) is 0 Å². The summed E-state index contributed by atoms with van der Waals surface area (Å²) in [7, 11) is 0. The third-order valence-corrected chi connectivity index (χ3v) is 4.00. The molecule has 0 fully saturated rings. The highest BCUT2D eigenvalue weighted by molar-refractivity contribution is 7.11. The molecule has 1 aliphatic carbocycles. The van der Waals surface area contributed by atoms with Gasteiger partial charge < -0.3 is 11.1 Å². The van der Waals surface area contributed by atoms with Crippen molar-refractivity contribution in [3.05, 3.63) is 28.2 Å². The molecule has 2 rings (SSSR count). The minimum absolute atomic E-state index is 0.254. The molecular weight excluding hydrogens is 218 g/mol. The van der Waals surface area contributed by atoms with Crippen molar-refractivity contribution in [2.75, 3.05) is 6.54 Å². The van der Waals surface area contributed by atoms with E-state index in [1.54, 1.807) is 11.3 Å². The third-order valence-electron chi connectivity index (χ3n) is 2.90. The van der Waals surface area contributed by atoms with Crippen molar-refractivity contribution in [1.82, 2.24) is 10.3 Å². The van der Waals surface area contributed by atoms with Crippen LogP contribution in [-0.2, 0) is 0 Å². The van der Waals surface area contributed by atoms with Crippen molar-refractivity contribution in [2.24, 2.45) is 11.7 Å². The maximum absolute atomic E-state index is 5.82. The maximum Gasteiger partial charge on any atom is 0.109 e. The van der Waals surface area contributed by atoms with E-state index in [2.05, 4.69) is 36.3 Å². The Balaban J connectivity index is 1.80. The van der Waals surface area contributed by atoms with Crippen molar-refractivity contribution >= 4 is 11.3 Å². The number of nitrogens with zero attached hydrogens (tertiary/aromatic N) is 1. The number of thiazole rings is 1. The highest BCUT2D eigenvalue weighted by Crippen LogP contribution is 2.20.